The number of hydrogen-bond donors (Lipinski definition) is 2. The van der Waals surface area contributed by atoms with Crippen molar-refractivity contribution in [2.75, 3.05) is 11.9 Å². The predicted octanol–water partition coefficient (Wildman–Crippen LogP) is 1.66. The Morgan fingerprint density at radius 1 is 1.52 bits per heavy atom. The first kappa shape index (κ1) is 14.9. The van der Waals surface area contributed by atoms with Crippen LogP contribution in [0.25, 0.3) is 0 Å². The van der Waals surface area contributed by atoms with Gasteiger partial charge in [0, 0.05) is 31.4 Å². The number of rotatable bonds is 5. The third-order valence-corrected chi connectivity index (χ3v) is 2.99. The number of imidazole rings is 1. The molecule has 110 valence electrons. The number of aromatic nitrogens is 2. The summed E-state index contributed by atoms with van der Waals surface area (Å²) in [4.78, 5) is 26.1. The smallest absolute Gasteiger partial charge is 0.275 e. The molecule has 0 radical (unpaired) electrons. The van der Waals surface area contributed by atoms with Gasteiger partial charge in [-0.1, -0.05) is 11.6 Å². The number of carbonyl (C=O) groups is 1. The molecule has 0 fully saturated rings. The number of nitro groups is 1. The molecule has 0 unspecified atom stereocenters. The van der Waals surface area contributed by atoms with Crippen LogP contribution < -0.4 is 11.1 Å². The maximum absolute atomic E-state index is 12.0. The quantitative estimate of drug-likeness (QED) is 0.643. The van der Waals surface area contributed by atoms with Gasteiger partial charge in [-0.05, 0) is 6.07 Å². The maximum Gasteiger partial charge on any atom is 0.275 e. The Labute approximate surface area is 124 Å². The van der Waals surface area contributed by atoms with E-state index in [1.807, 2.05) is 0 Å². The molecule has 21 heavy (non-hydrogen) atoms. The van der Waals surface area contributed by atoms with E-state index in [9.17, 15) is 14.9 Å². The van der Waals surface area contributed by atoms with Crippen molar-refractivity contribution in [2.45, 2.75) is 6.54 Å². The fourth-order valence-electron chi connectivity index (χ4n) is 1.66. The summed E-state index contributed by atoms with van der Waals surface area (Å²) >= 11 is 5.91. The molecular weight excluding hydrogens is 298 g/mol. The van der Waals surface area contributed by atoms with Crippen LogP contribution in [0.15, 0.2) is 30.7 Å². The van der Waals surface area contributed by atoms with Crippen molar-refractivity contribution >= 4 is 28.9 Å². The van der Waals surface area contributed by atoms with Gasteiger partial charge in [-0.15, -0.1) is 0 Å². The zero-order valence-corrected chi connectivity index (χ0v) is 11.6. The number of halogens is 1. The lowest BCUT2D eigenvalue weighted by atomic mass is 10.2. The van der Waals surface area contributed by atoms with Crippen molar-refractivity contribution in [1.29, 1.82) is 0 Å². The highest BCUT2D eigenvalue weighted by Crippen LogP contribution is 2.26. The van der Waals surface area contributed by atoms with Gasteiger partial charge in [-0.2, -0.15) is 0 Å². The lowest BCUT2D eigenvalue weighted by Gasteiger charge is -2.05. The number of nitrogens with zero attached hydrogens (tertiary/aromatic N) is 3. The summed E-state index contributed by atoms with van der Waals surface area (Å²) in [6, 6.07) is 3.80. The van der Waals surface area contributed by atoms with Gasteiger partial charge in [0.05, 0.1) is 22.0 Å². The summed E-state index contributed by atoms with van der Waals surface area (Å²) in [5.74, 6) is -0.506. The van der Waals surface area contributed by atoms with Crippen LogP contribution in [0.1, 0.15) is 10.5 Å². The Morgan fingerprint density at radius 3 is 2.95 bits per heavy atom. The van der Waals surface area contributed by atoms with Crippen LogP contribution in [0.3, 0.4) is 0 Å². The number of nitrogens with two attached hydrogens (primary N) is 1. The SMILES string of the molecule is NCCn1cnc(C(=O)Nc2cc([N+](=O)[O-])ccc2Cl)c1. The van der Waals surface area contributed by atoms with E-state index in [0.29, 0.717) is 13.1 Å². The van der Waals surface area contributed by atoms with Crippen molar-refractivity contribution in [3.63, 3.8) is 0 Å². The van der Waals surface area contributed by atoms with Gasteiger partial charge in [0.2, 0.25) is 0 Å². The van der Waals surface area contributed by atoms with Gasteiger partial charge in [-0.3, -0.25) is 14.9 Å². The minimum absolute atomic E-state index is 0.157. The lowest BCUT2D eigenvalue weighted by Crippen LogP contribution is -2.13. The Morgan fingerprint density at radius 2 is 2.29 bits per heavy atom. The van der Waals surface area contributed by atoms with Crippen molar-refractivity contribution in [3.05, 3.63) is 51.6 Å². The van der Waals surface area contributed by atoms with Crippen LogP contribution in [0.5, 0.6) is 0 Å². The molecular formula is C12H12ClN5O3. The first-order valence-corrected chi connectivity index (χ1v) is 6.36. The average molecular weight is 310 g/mol. The molecule has 1 heterocycles. The van der Waals surface area contributed by atoms with E-state index in [-0.39, 0.29) is 22.1 Å². The van der Waals surface area contributed by atoms with Crippen LogP contribution in [0.2, 0.25) is 5.02 Å². The third kappa shape index (κ3) is 3.56. The second kappa shape index (κ2) is 6.33. The molecule has 0 saturated carbocycles. The molecule has 0 aliphatic heterocycles. The van der Waals surface area contributed by atoms with Gasteiger partial charge in [-0.25, -0.2) is 4.98 Å². The predicted molar refractivity (Wildman–Crippen MR) is 77.3 cm³/mol. The van der Waals surface area contributed by atoms with Crippen molar-refractivity contribution in [3.8, 4) is 0 Å². The molecule has 1 amide bonds. The van der Waals surface area contributed by atoms with Crippen molar-refractivity contribution in [1.82, 2.24) is 9.55 Å². The number of hydrogen-bond acceptors (Lipinski definition) is 5. The fraction of sp³-hybridized carbons (Fsp3) is 0.167. The van der Waals surface area contributed by atoms with Gasteiger partial charge in [0.1, 0.15) is 5.69 Å². The summed E-state index contributed by atoms with van der Waals surface area (Å²) in [6.45, 7) is 0.964. The first-order chi connectivity index (χ1) is 10.0. The Hall–Kier alpha value is -2.45. The zero-order valence-electron chi connectivity index (χ0n) is 10.8. The number of benzene rings is 1. The molecule has 2 aromatic rings. The molecule has 1 aromatic heterocycles. The van der Waals surface area contributed by atoms with E-state index in [2.05, 4.69) is 10.3 Å². The largest absolute Gasteiger partial charge is 0.335 e. The minimum atomic E-state index is -0.568. The molecule has 0 spiro atoms. The zero-order chi connectivity index (χ0) is 15.4. The Bertz CT molecular complexity index is 685. The van der Waals surface area contributed by atoms with E-state index >= 15 is 0 Å². The van der Waals surface area contributed by atoms with Crippen molar-refractivity contribution in [2.24, 2.45) is 5.73 Å². The van der Waals surface area contributed by atoms with Gasteiger partial charge in [0.25, 0.3) is 11.6 Å². The van der Waals surface area contributed by atoms with Gasteiger partial charge < -0.3 is 15.6 Å². The van der Waals surface area contributed by atoms with Crippen LogP contribution in [-0.4, -0.2) is 26.9 Å². The topological polar surface area (TPSA) is 116 Å². The van der Waals surface area contributed by atoms with Gasteiger partial charge in [0.15, 0.2) is 0 Å². The molecule has 0 aliphatic carbocycles. The molecule has 0 saturated heterocycles. The standard InChI is InChI=1S/C12H12ClN5O3/c13-9-2-1-8(18(20)21)5-10(9)16-12(19)11-6-17(4-3-14)7-15-11/h1-2,5-7H,3-4,14H2,(H,16,19). The molecule has 0 bridgehead atoms. The fourth-order valence-corrected chi connectivity index (χ4v) is 1.82. The molecule has 1 aromatic carbocycles. The van der Waals surface area contributed by atoms with E-state index in [0.717, 1.165) is 0 Å². The molecule has 2 rings (SSSR count). The second-order valence-electron chi connectivity index (χ2n) is 4.16. The summed E-state index contributed by atoms with van der Waals surface area (Å²) in [7, 11) is 0. The summed E-state index contributed by atoms with van der Waals surface area (Å²) in [6.07, 6.45) is 3.02. The van der Waals surface area contributed by atoms with E-state index in [4.69, 9.17) is 17.3 Å². The van der Waals surface area contributed by atoms with Crippen molar-refractivity contribution < 1.29 is 9.72 Å². The second-order valence-corrected chi connectivity index (χ2v) is 4.57. The number of carbonyl (C=O) groups excluding carboxylic acids is 1. The van der Waals surface area contributed by atoms with Crippen LogP contribution in [0.4, 0.5) is 11.4 Å². The molecule has 0 aliphatic rings. The monoisotopic (exact) mass is 309 g/mol. The van der Waals surface area contributed by atoms with E-state index in [1.165, 1.54) is 30.7 Å². The number of anilines is 1. The highest BCUT2D eigenvalue weighted by Gasteiger charge is 2.14. The molecule has 9 heteroatoms. The third-order valence-electron chi connectivity index (χ3n) is 2.66. The minimum Gasteiger partial charge on any atom is -0.335 e. The number of non-ortho nitro benzene ring substituents is 1. The summed E-state index contributed by atoms with van der Waals surface area (Å²) in [5.41, 5.74) is 5.57. The number of nitrogens with one attached hydrogen (secondary N) is 1. The Balaban J connectivity index is 2.18. The molecule has 0 atom stereocenters. The highest BCUT2D eigenvalue weighted by molar-refractivity contribution is 6.34. The van der Waals surface area contributed by atoms with Gasteiger partial charge >= 0.3 is 0 Å². The lowest BCUT2D eigenvalue weighted by molar-refractivity contribution is -0.384. The van der Waals surface area contributed by atoms with Crippen LogP contribution in [0, 0.1) is 10.1 Å². The number of nitro benzene ring substituents is 1. The summed E-state index contributed by atoms with van der Waals surface area (Å²) < 4.78 is 1.67. The van der Waals surface area contributed by atoms with E-state index in [1.54, 1.807) is 4.57 Å². The highest BCUT2D eigenvalue weighted by atomic mass is 35.5. The average Bonchev–Trinajstić information content (AvgIpc) is 2.90. The Kier molecular flexibility index (Phi) is 4.51. The normalized spacial score (nSPS) is 10.4. The first-order valence-electron chi connectivity index (χ1n) is 5.98. The molecule has 8 nitrogen and oxygen atoms in total. The number of amides is 1. The summed E-state index contributed by atoms with van der Waals surface area (Å²) in [5, 5.41) is 13.4. The van der Waals surface area contributed by atoms with Crippen LogP contribution in [-0.2, 0) is 6.54 Å². The molecule has 3 N–H and O–H groups in total. The maximum atomic E-state index is 12.0. The van der Waals surface area contributed by atoms with Crippen LogP contribution >= 0.6 is 11.6 Å². The van der Waals surface area contributed by atoms with E-state index < -0.39 is 10.8 Å².